The molecule has 0 spiro atoms. The summed E-state index contributed by atoms with van der Waals surface area (Å²) in [5.41, 5.74) is 3.00. The number of benzene rings is 2. The number of rotatable bonds is 6. The maximum absolute atomic E-state index is 12.6. The van der Waals surface area contributed by atoms with Crippen molar-refractivity contribution in [3.8, 4) is 0 Å². The number of ether oxygens (including phenoxy) is 1. The first-order valence-corrected chi connectivity index (χ1v) is 8.93. The van der Waals surface area contributed by atoms with Gasteiger partial charge in [-0.15, -0.1) is 11.3 Å². The molecule has 0 unspecified atom stereocenters. The van der Waals surface area contributed by atoms with Crippen molar-refractivity contribution in [3.05, 3.63) is 93.2 Å². The summed E-state index contributed by atoms with van der Waals surface area (Å²) in [6.45, 7) is 2.31. The molecule has 3 nitrogen and oxygen atoms in total. The van der Waals surface area contributed by atoms with Gasteiger partial charge in [-0.05, 0) is 30.0 Å². The van der Waals surface area contributed by atoms with E-state index in [1.54, 1.807) is 30.3 Å². The number of aryl methyl sites for hydroxylation is 1. The Balaban J connectivity index is 1.68. The van der Waals surface area contributed by atoms with Crippen molar-refractivity contribution in [2.75, 3.05) is 6.61 Å². The summed E-state index contributed by atoms with van der Waals surface area (Å²) in [6.07, 6.45) is 0.646. The molecule has 0 amide bonds. The molecule has 4 heteroatoms. The standard InChI is InChI=1S/C21H18O3S/c1-15-8-10-16(11-9-15)12-13-24-21(23)18-6-3-2-5-17(18)20(22)19-7-4-14-25-19/h2-11,14H,12-13H2,1H3. The number of hydrogen-bond acceptors (Lipinski definition) is 4. The lowest BCUT2D eigenvalue weighted by Gasteiger charge is -2.09. The van der Waals surface area contributed by atoms with E-state index >= 15 is 0 Å². The quantitative estimate of drug-likeness (QED) is 0.478. The molecule has 0 aliphatic heterocycles. The third-order valence-electron chi connectivity index (χ3n) is 3.88. The SMILES string of the molecule is Cc1ccc(CCOC(=O)c2ccccc2C(=O)c2cccs2)cc1. The molecule has 2 aromatic carbocycles. The first-order chi connectivity index (χ1) is 12.1. The van der Waals surface area contributed by atoms with Crippen LogP contribution in [0.4, 0.5) is 0 Å². The summed E-state index contributed by atoms with van der Waals surface area (Å²) < 4.78 is 5.38. The van der Waals surface area contributed by atoms with E-state index in [0.717, 1.165) is 5.56 Å². The Labute approximate surface area is 150 Å². The van der Waals surface area contributed by atoms with Crippen LogP contribution in [0.1, 0.15) is 36.7 Å². The number of carbonyl (C=O) groups excluding carboxylic acids is 2. The topological polar surface area (TPSA) is 43.4 Å². The van der Waals surface area contributed by atoms with Gasteiger partial charge in [-0.2, -0.15) is 0 Å². The second-order valence-electron chi connectivity index (χ2n) is 5.72. The summed E-state index contributed by atoms with van der Waals surface area (Å²) in [7, 11) is 0. The van der Waals surface area contributed by atoms with E-state index in [0.29, 0.717) is 22.4 Å². The Morgan fingerprint density at radius 1 is 0.920 bits per heavy atom. The molecule has 3 rings (SSSR count). The predicted octanol–water partition coefficient (Wildman–Crippen LogP) is 4.69. The lowest BCUT2D eigenvalue weighted by molar-refractivity contribution is 0.0506. The van der Waals surface area contributed by atoms with Crippen LogP contribution >= 0.6 is 11.3 Å². The molecule has 0 aliphatic rings. The molecule has 0 bridgehead atoms. The van der Waals surface area contributed by atoms with Crippen molar-refractivity contribution < 1.29 is 14.3 Å². The van der Waals surface area contributed by atoms with Gasteiger partial charge in [0.15, 0.2) is 0 Å². The predicted molar refractivity (Wildman–Crippen MR) is 99.4 cm³/mol. The van der Waals surface area contributed by atoms with Gasteiger partial charge in [0, 0.05) is 12.0 Å². The molecule has 0 radical (unpaired) electrons. The van der Waals surface area contributed by atoms with Gasteiger partial charge in [0.1, 0.15) is 0 Å². The van der Waals surface area contributed by atoms with Gasteiger partial charge in [0.25, 0.3) is 0 Å². The van der Waals surface area contributed by atoms with E-state index in [1.807, 2.05) is 42.6 Å². The zero-order valence-corrected chi connectivity index (χ0v) is 14.7. The Kier molecular flexibility index (Phi) is 5.41. The smallest absolute Gasteiger partial charge is 0.338 e. The molecule has 1 aromatic heterocycles. The fourth-order valence-electron chi connectivity index (χ4n) is 2.49. The molecule has 0 aliphatic carbocycles. The maximum atomic E-state index is 12.6. The molecule has 1 heterocycles. The van der Waals surface area contributed by atoms with Crippen LogP contribution in [-0.4, -0.2) is 18.4 Å². The van der Waals surface area contributed by atoms with Crippen molar-refractivity contribution in [1.29, 1.82) is 0 Å². The zero-order valence-electron chi connectivity index (χ0n) is 13.9. The summed E-state index contributed by atoms with van der Waals surface area (Å²) in [4.78, 5) is 25.6. The van der Waals surface area contributed by atoms with Gasteiger partial charge in [-0.3, -0.25) is 4.79 Å². The summed E-state index contributed by atoms with van der Waals surface area (Å²) in [5, 5.41) is 1.84. The van der Waals surface area contributed by atoms with Crippen LogP contribution in [0.15, 0.2) is 66.0 Å². The van der Waals surface area contributed by atoms with E-state index < -0.39 is 5.97 Å². The van der Waals surface area contributed by atoms with E-state index in [-0.39, 0.29) is 12.4 Å². The largest absolute Gasteiger partial charge is 0.462 e. The average molecular weight is 350 g/mol. The zero-order chi connectivity index (χ0) is 17.6. The van der Waals surface area contributed by atoms with Crippen molar-refractivity contribution >= 4 is 23.1 Å². The van der Waals surface area contributed by atoms with Crippen molar-refractivity contribution in [2.45, 2.75) is 13.3 Å². The van der Waals surface area contributed by atoms with Crippen molar-refractivity contribution in [1.82, 2.24) is 0 Å². The average Bonchev–Trinajstić information content (AvgIpc) is 3.17. The van der Waals surface area contributed by atoms with Crippen LogP contribution in [0.3, 0.4) is 0 Å². The highest BCUT2D eigenvalue weighted by molar-refractivity contribution is 7.12. The Morgan fingerprint density at radius 2 is 1.64 bits per heavy atom. The second kappa shape index (κ2) is 7.90. The molecule has 25 heavy (non-hydrogen) atoms. The minimum atomic E-state index is -0.465. The third-order valence-corrected chi connectivity index (χ3v) is 4.75. The highest BCUT2D eigenvalue weighted by Crippen LogP contribution is 2.19. The van der Waals surface area contributed by atoms with E-state index in [9.17, 15) is 9.59 Å². The van der Waals surface area contributed by atoms with Gasteiger partial charge in [-0.1, -0.05) is 54.1 Å². The fraction of sp³-hybridized carbons (Fsp3) is 0.143. The minimum absolute atomic E-state index is 0.152. The monoisotopic (exact) mass is 350 g/mol. The third kappa shape index (κ3) is 4.22. The number of carbonyl (C=O) groups is 2. The first kappa shape index (κ1) is 17.1. The highest BCUT2D eigenvalue weighted by Gasteiger charge is 2.19. The van der Waals surface area contributed by atoms with Crippen LogP contribution in [-0.2, 0) is 11.2 Å². The first-order valence-electron chi connectivity index (χ1n) is 8.05. The summed E-state index contributed by atoms with van der Waals surface area (Å²) in [5.74, 6) is -0.617. The number of ketones is 1. The molecule has 0 N–H and O–H groups in total. The molecule has 0 fully saturated rings. The van der Waals surface area contributed by atoms with Crippen molar-refractivity contribution in [3.63, 3.8) is 0 Å². The highest BCUT2D eigenvalue weighted by atomic mass is 32.1. The number of thiophene rings is 1. The summed E-state index contributed by atoms with van der Waals surface area (Å²) in [6, 6.07) is 18.5. The van der Waals surface area contributed by atoms with E-state index in [1.165, 1.54) is 16.9 Å². The second-order valence-corrected chi connectivity index (χ2v) is 6.67. The Hall–Kier alpha value is -2.72. The van der Waals surface area contributed by atoms with Crippen LogP contribution < -0.4 is 0 Å². The molecule has 0 atom stereocenters. The van der Waals surface area contributed by atoms with Crippen LogP contribution in [0, 0.1) is 6.92 Å². The van der Waals surface area contributed by atoms with Gasteiger partial charge in [0.2, 0.25) is 5.78 Å². The van der Waals surface area contributed by atoms with Gasteiger partial charge >= 0.3 is 5.97 Å². The van der Waals surface area contributed by atoms with Crippen molar-refractivity contribution in [2.24, 2.45) is 0 Å². The molecule has 0 saturated carbocycles. The lowest BCUT2D eigenvalue weighted by atomic mass is 10.0. The minimum Gasteiger partial charge on any atom is -0.462 e. The number of esters is 1. The molecule has 126 valence electrons. The van der Waals surface area contributed by atoms with Crippen LogP contribution in [0.5, 0.6) is 0 Å². The molecule has 3 aromatic rings. The molecule has 0 saturated heterocycles. The van der Waals surface area contributed by atoms with Gasteiger partial charge in [0.05, 0.1) is 17.0 Å². The molecular formula is C21H18O3S. The molecular weight excluding hydrogens is 332 g/mol. The van der Waals surface area contributed by atoms with E-state index in [2.05, 4.69) is 0 Å². The number of hydrogen-bond donors (Lipinski definition) is 0. The Bertz CT molecular complexity index is 864. The van der Waals surface area contributed by atoms with E-state index in [4.69, 9.17) is 4.74 Å². The fourth-order valence-corrected chi connectivity index (χ4v) is 3.17. The lowest BCUT2D eigenvalue weighted by Crippen LogP contribution is -2.13. The van der Waals surface area contributed by atoms with Crippen LogP contribution in [0.2, 0.25) is 0 Å². The van der Waals surface area contributed by atoms with Crippen LogP contribution in [0.25, 0.3) is 0 Å². The Morgan fingerprint density at radius 3 is 2.32 bits per heavy atom. The van der Waals surface area contributed by atoms with Gasteiger partial charge < -0.3 is 4.74 Å². The van der Waals surface area contributed by atoms with Gasteiger partial charge in [-0.25, -0.2) is 4.79 Å². The summed E-state index contributed by atoms with van der Waals surface area (Å²) >= 11 is 1.36. The normalized spacial score (nSPS) is 10.4. The maximum Gasteiger partial charge on any atom is 0.338 e.